The third-order valence-corrected chi connectivity index (χ3v) is 1.45. The number of benzene rings is 1. The molecule has 1 N–H and O–H groups in total. The van der Waals surface area contributed by atoms with Gasteiger partial charge in [-0.05, 0) is 11.6 Å². The molecule has 0 spiro atoms. The number of carbonyl (C=O) groups is 2. The number of carboxylic acid groups (broad SMARTS) is 2. The van der Waals surface area contributed by atoms with E-state index in [0.29, 0.717) is 0 Å². The van der Waals surface area contributed by atoms with Crippen molar-refractivity contribution in [2.24, 2.45) is 0 Å². The molecule has 0 saturated heterocycles. The molecule has 0 radical (unpaired) electrons. The molecule has 13 heavy (non-hydrogen) atoms. The average molecular weight is 180 g/mol. The number of hydrogen-bond donors (Lipinski definition) is 1. The fourth-order valence-corrected chi connectivity index (χ4v) is 0.826. The first-order chi connectivity index (χ1) is 6.02. The Morgan fingerprint density at radius 2 is 1.92 bits per heavy atom. The summed E-state index contributed by atoms with van der Waals surface area (Å²) in [5.41, 5.74) is -0.778. The minimum atomic E-state index is -1.51. The maximum atomic E-state index is 10.9. The molecule has 0 heterocycles. The molecule has 0 fully saturated rings. The van der Waals surface area contributed by atoms with Crippen LogP contribution in [0.3, 0.4) is 0 Å². The van der Waals surface area contributed by atoms with Crippen molar-refractivity contribution in [1.82, 2.24) is 0 Å². The van der Waals surface area contributed by atoms with Gasteiger partial charge in [-0.15, -0.1) is 0 Å². The van der Waals surface area contributed by atoms with E-state index in [4.69, 9.17) is 5.11 Å². The standard InChI is InChI=1S/C8H6O5/c9-6-3-4(7(10)11)1-2-5(6)8(12)13/h1-3,9H,(H,10,11)(H,12,13)/p-2. The normalized spacial score (nSPS) is 9.54. The molecule has 1 rings (SSSR count). The Labute approximate surface area is 72.9 Å². The lowest BCUT2D eigenvalue weighted by atomic mass is 10.1. The van der Waals surface area contributed by atoms with Crippen molar-refractivity contribution in [3.8, 4) is 5.75 Å². The van der Waals surface area contributed by atoms with Crippen LogP contribution in [-0.2, 0) is 0 Å². The van der Waals surface area contributed by atoms with E-state index >= 15 is 0 Å². The molecule has 0 aliphatic carbocycles. The SMILES string of the molecule is O=C([O-])c1ccc(C(=O)O)c([O-])c1. The molecule has 0 amide bonds. The fourth-order valence-electron chi connectivity index (χ4n) is 0.826. The maximum Gasteiger partial charge on any atom is 0.335 e. The maximum absolute atomic E-state index is 10.9. The summed E-state index contributed by atoms with van der Waals surface area (Å²) in [5, 5.41) is 29.6. The number of carboxylic acids is 2. The van der Waals surface area contributed by atoms with Crippen molar-refractivity contribution in [3.05, 3.63) is 29.3 Å². The van der Waals surface area contributed by atoms with Crippen molar-refractivity contribution < 1.29 is 24.9 Å². The van der Waals surface area contributed by atoms with Gasteiger partial charge in [0.2, 0.25) is 0 Å². The van der Waals surface area contributed by atoms with Gasteiger partial charge >= 0.3 is 5.97 Å². The fraction of sp³-hybridized carbons (Fsp3) is 0. The molecule has 1 aromatic rings. The van der Waals surface area contributed by atoms with Crippen LogP contribution in [0.15, 0.2) is 18.2 Å². The molecule has 5 nitrogen and oxygen atoms in total. The summed E-state index contributed by atoms with van der Waals surface area (Å²) in [4.78, 5) is 20.6. The molecule has 0 aliphatic heterocycles. The first-order valence-corrected chi connectivity index (χ1v) is 3.28. The summed E-state index contributed by atoms with van der Waals surface area (Å²) in [6.07, 6.45) is 0. The van der Waals surface area contributed by atoms with Crippen LogP contribution in [0.2, 0.25) is 0 Å². The molecule has 0 aliphatic rings. The smallest absolute Gasteiger partial charge is 0.335 e. The topological polar surface area (TPSA) is 100 Å². The van der Waals surface area contributed by atoms with Gasteiger partial charge in [0.1, 0.15) is 0 Å². The Balaban J connectivity index is 3.20. The Kier molecular flexibility index (Phi) is 2.19. The molecule has 5 heteroatoms. The minimum Gasteiger partial charge on any atom is -0.872 e. The van der Waals surface area contributed by atoms with Crippen LogP contribution in [0.4, 0.5) is 0 Å². The van der Waals surface area contributed by atoms with Crippen LogP contribution < -0.4 is 10.2 Å². The second kappa shape index (κ2) is 3.14. The molecule has 0 unspecified atom stereocenters. The van der Waals surface area contributed by atoms with Crippen LogP contribution in [0, 0.1) is 0 Å². The van der Waals surface area contributed by atoms with Gasteiger partial charge in [0, 0.05) is 0 Å². The highest BCUT2D eigenvalue weighted by Crippen LogP contribution is 2.15. The predicted octanol–water partition coefficient (Wildman–Crippen LogP) is -1.18. The Bertz CT molecular complexity index is 369. The predicted molar refractivity (Wildman–Crippen MR) is 37.2 cm³/mol. The van der Waals surface area contributed by atoms with Gasteiger partial charge in [0.15, 0.2) is 0 Å². The number of carbonyl (C=O) groups excluding carboxylic acids is 1. The molecule has 68 valence electrons. The summed E-state index contributed by atoms with van der Waals surface area (Å²) in [5.74, 6) is -3.72. The van der Waals surface area contributed by atoms with Gasteiger partial charge in [0.05, 0.1) is 11.5 Å². The highest BCUT2D eigenvalue weighted by Gasteiger charge is 2.03. The van der Waals surface area contributed by atoms with Crippen molar-refractivity contribution >= 4 is 11.9 Å². The van der Waals surface area contributed by atoms with E-state index in [-0.39, 0.29) is 5.56 Å². The Hall–Kier alpha value is -2.04. The monoisotopic (exact) mass is 180 g/mol. The molecule has 0 atom stereocenters. The van der Waals surface area contributed by atoms with Crippen molar-refractivity contribution in [1.29, 1.82) is 0 Å². The summed E-state index contributed by atoms with van der Waals surface area (Å²) in [6, 6.07) is 2.68. The van der Waals surface area contributed by atoms with E-state index in [1.165, 1.54) is 0 Å². The zero-order valence-corrected chi connectivity index (χ0v) is 6.31. The molecular formula is C8H4O5-2. The summed E-state index contributed by atoms with van der Waals surface area (Å²) in [6.45, 7) is 0. The lowest BCUT2D eigenvalue weighted by Gasteiger charge is -2.12. The van der Waals surface area contributed by atoms with Gasteiger partial charge in [-0.25, -0.2) is 4.79 Å². The average Bonchev–Trinajstić information content (AvgIpc) is 2.03. The first-order valence-electron chi connectivity index (χ1n) is 3.28. The third-order valence-electron chi connectivity index (χ3n) is 1.45. The molecule has 0 bridgehead atoms. The number of hydrogen-bond acceptors (Lipinski definition) is 4. The zero-order valence-electron chi connectivity index (χ0n) is 6.31. The Morgan fingerprint density at radius 1 is 1.31 bits per heavy atom. The summed E-state index contributed by atoms with van der Waals surface area (Å²) >= 11 is 0. The van der Waals surface area contributed by atoms with E-state index in [9.17, 15) is 19.8 Å². The largest absolute Gasteiger partial charge is 0.872 e. The van der Waals surface area contributed by atoms with Gasteiger partial charge in [0.25, 0.3) is 0 Å². The number of rotatable bonds is 2. The summed E-state index contributed by atoms with van der Waals surface area (Å²) in [7, 11) is 0. The van der Waals surface area contributed by atoms with Crippen LogP contribution in [0.25, 0.3) is 0 Å². The first kappa shape index (κ1) is 9.05. The van der Waals surface area contributed by atoms with Crippen LogP contribution in [0.1, 0.15) is 20.7 Å². The highest BCUT2D eigenvalue weighted by atomic mass is 16.4. The van der Waals surface area contributed by atoms with E-state index in [1.54, 1.807) is 0 Å². The lowest BCUT2D eigenvalue weighted by Crippen LogP contribution is -2.22. The van der Waals surface area contributed by atoms with Gasteiger partial charge in [-0.1, -0.05) is 17.9 Å². The van der Waals surface area contributed by atoms with Gasteiger partial charge < -0.3 is 20.1 Å². The summed E-state index contributed by atoms with van der Waals surface area (Å²) < 4.78 is 0. The van der Waals surface area contributed by atoms with Gasteiger partial charge in [-0.2, -0.15) is 0 Å². The molecule has 1 aromatic carbocycles. The highest BCUT2D eigenvalue weighted by molar-refractivity contribution is 5.93. The van der Waals surface area contributed by atoms with Gasteiger partial charge in [-0.3, -0.25) is 0 Å². The van der Waals surface area contributed by atoms with Crippen molar-refractivity contribution in [2.75, 3.05) is 0 Å². The second-order valence-electron chi connectivity index (χ2n) is 2.30. The van der Waals surface area contributed by atoms with E-state index in [2.05, 4.69) is 0 Å². The lowest BCUT2D eigenvalue weighted by molar-refractivity contribution is -0.270. The second-order valence-corrected chi connectivity index (χ2v) is 2.30. The van der Waals surface area contributed by atoms with Crippen molar-refractivity contribution in [2.45, 2.75) is 0 Å². The molecular weight excluding hydrogens is 176 g/mol. The third kappa shape index (κ3) is 1.76. The van der Waals surface area contributed by atoms with E-state index < -0.39 is 23.3 Å². The van der Waals surface area contributed by atoms with Crippen LogP contribution in [-0.4, -0.2) is 17.0 Å². The van der Waals surface area contributed by atoms with E-state index in [0.717, 1.165) is 18.2 Å². The quantitative estimate of drug-likeness (QED) is 0.617. The van der Waals surface area contributed by atoms with E-state index in [1.807, 2.05) is 0 Å². The van der Waals surface area contributed by atoms with Crippen LogP contribution in [0.5, 0.6) is 5.75 Å². The Morgan fingerprint density at radius 3 is 2.31 bits per heavy atom. The van der Waals surface area contributed by atoms with Crippen molar-refractivity contribution in [3.63, 3.8) is 0 Å². The zero-order chi connectivity index (χ0) is 10.0. The molecule has 0 saturated carbocycles. The molecule has 0 aromatic heterocycles. The van der Waals surface area contributed by atoms with Crippen LogP contribution >= 0.6 is 0 Å². The minimum absolute atomic E-state index is 0.324. The number of aromatic carboxylic acids is 2.